The summed E-state index contributed by atoms with van der Waals surface area (Å²) in [4.78, 5) is 17.0. The smallest absolute Gasteiger partial charge is 0.226 e. The number of aromatic nitrogens is 3. The Morgan fingerprint density at radius 1 is 1.24 bits per heavy atom. The summed E-state index contributed by atoms with van der Waals surface area (Å²) >= 11 is 1.50. The summed E-state index contributed by atoms with van der Waals surface area (Å²) in [5, 5.41) is 10.2. The standard InChI is InChI=1S/C19H22N4OS/c1-13-10-16(21-17(24)11-19(2,3)4)23(22-13)18-20-15(12-25-18)14-8-6-5-7-9-14/h5-10,12H,11H2,1-4H3,(H,21,24). The number of anilines is 1. The van der Waals surface area contributed by atoms with E-state index in [0.717, 1.165) is 22.1 Å². The third kappa shape index (κ3) is 4.33. The maximum atomic E-state index is 12.3. The zero-order valence-electron chi connectivity index (χ0n) is 14.9. The van der Waals surface area contributed by atoms with Gasteiger partial charge in [0, 0.05) is 23.4 Å². The SMILES string of the molecule is Cc1cc(NC(=O)CC(C)(C)C)n(-c2nc(-c3ccccc3)cs2)n1. The summed E-state index contributed by atoms with van der Waals surface area (Å²) in [6.07, 6.45) is 0.449. The Kier molecular flexibility index (Phi) is 4.72. The molecule has 3 rings (SSSR count). The van der Waals surface area contributed by atoms with Crippen LogP contribution in [0.2, 0.25) is 0 Å². The van der Waals surface area contributed by atoms with Gasteiger partial charge in [0.05, 0.1) is 11.4 Å². The topological polar surface area (TPSA) is 59.8 Å². The molecule has 2 aromatic heterocycles. The lowest BCUT2D eigenvalue weighted by Gasteiger charge is -2.17. The Balaban J connectivity index is 1.86. The molecule has 0 aliphatic heterocycles. The van der Waals surface area contributed by atoms with Crippen LogP contribution in [-0.4, -0.2) is 20.7 Å². The van der Waals surface area contributed by atoms with E-state index in [1.54, 1.807) is 4.68 Å². The average molecular weight is 354 g/mol. The monoisotopic (exact) mass is 354 g/mol. The van der Waals surface area contributed by atoms with Gasteiger partial charge in [0.2, 0.25) is 11.0 Å². The Morgan fingerprint density at radius 3 is 2.64 bits per heavy atom. The molecule has 5 nitrogen and oxygen atoms in total. The summed E-state index contributed by atoms with van der Waals surface area (Å²) in [6, 6.07) is 11.9. The lowest BCUT2D eigenvalue weighted by molar-refractivity contribution is -0.117. The van der Waals surface area contributed by atoms with Gasteiger partial charge < -0.3 is 5.32 Å². The molecule has 1 amide bonds. The fourth-order valence-corrected chi connectivity index (χ4v) is 3.30. The van der Waals surface area contributed by atoms with Crippen molar-refractivity contribution in [1.29, 1.82) is 0 Å². The maximum absolute atomic E-state index is 12.3. The van der Waals surface area contributed by atoms with E-state index >= 15 is 0 Å². The van der Waals surface area contributed by atoms with Gasteiger partial charge in [-0.05, 0) is 12.3 Å². The Labute approximate surface area is 151 Å². The van der Waals surface area contributed by atoms with Crippen molar-refractivity contribution in [3.63, 3.8) is 0 Å². The summed E-state index contributed by atoms with van der Waals surface area (Å²) in [6.45, 7) is 8.04. The van der Waals surface area contributed by atoms with Gasteiger partial charge in [-0.2, -0.15) is 9.78 Å². The highest BCUT2D eigenvalue weighted by Gasteiger charge is 2.19. The van der Waals surface area contributed by atoms with Crippen LogP contribution in [0.3, 0.4) is 0 Å². The summed E-state index contributed by atoms with van der Waals surface area (Å²) < 4.78 is 1.70. The van der Waals surface area contributed by atoms with Crippen molar-refractivity contribution in [3.8, 4) is 16.4 Å². The molecule has 0 saturated carbocycles. The Bertz CT molecular complexity index is 874. The van der Waals surface area contributed by atoms with E-state index in [-0.39, 0.29) is 11.3 Å². The van der Waals surface area contributed by atoms with Crippen molar-refractivity contribution in [2.45, 2.75) is 34.1 Å². The second-order valence-electron chi connectivity index (χ2n) is 7.25. The largest absolute Gasteiger partial charge is 0.310 e. The third-order valence-electron chi connectivity index (χ3n) is 3.53. The van der Waals surface area contributed by atoms with E-state index in [0.29, 0.717) is 12.2 Å². The molecule has 0 aliphatic carbocycles. The number of hydrogen-bond donors (Lipinski definition) is 1. The van der Waals surface area contributed by atoms with Gasteiger partial charge in [0.15, 0.2) is 0 Å². The molecular formula is C19H22N4OS. The first-order chi connectivity index (χ1) is 11.8. The van der Waals surface area contributed by atoms with E-state index in [2.05, 4.69) is 15.4 Å². The maximum Gasteiger partial charge on any atom is 0.226 e. The predicted molar refractivity (Wildman–Crippen MR) is 102 cm³/mol. The molecule has 0 radical (unpaired) electrons. The molecular weight excluding hydrogens is 332 g/mol. The molecule has 130 valence electrons. The lowest BCUT2D eigenvalue weighted by Crippen LogP contribution is -2.21. The molecule has 0 aliphatic rings. The van der Waals surface area contributed by atoms with Gasteiger partial charge in [0.1, 0.15) is 5.82 Å². The van der Waals surface area contributed by atoms with Gasteiger partial charge in [-0.3, -0.25) is 4.79 Å². The second-order valence-corrected chi connectivity index (χ2v) is 8.09. The Morgan fingerprint density at radius 2 is 1.96 bits per heavy atom. The molecule has 0 spiro atoms. The van der Waals surface area contributed by atoms with E-state index in [4.69, 9.17) is 0 Å². The van der Waals surface area contributed by atoms with Gasteiger partial charge in [0.25, 0.3) is 0 Å². The number of carbonyl (C=O) groups is 1. The van der Waals surface area contributed by atoms with E-state index < -0.39 is 0 Å². The van der Waals surface area contributed by atoms with Crippen molar-refractivity contribution in [2.75, 3.05) is 5.32 Å². The quantitative estimate of drug-likeness (QED) is 0.740. The van der Waals surface area contributed by atoms with Crippen LogP contribution in [-0.2, 0) is 4.79 Å². The molecule has 0 saturated heterocycles. The number of carbonyl (C=O) groups excluding carboxylic acids is 1. The number of hydrogen-bond acceptors (Lipinski definition) is 4. The van der Waals surface area contributed by atoms with Crippen molar-refractivity contribution in [2.24, 2.45) is 5.41 Å². The number of benzene rings is 1. The molecule has 2 heterocycles. The predicted octanol–water partition coefficient (Wildman–Crippen LogP) is 4.68. The zero-order valence-corrected chi connectivity index (χ0v) is 15.7. The minimum absolute atomic E-state index is 0.0199. The molecule has 0 fully saturated rings. The molecule has 0 bridgehead atoms. The normalized spacial score (nSPS) is 11.5. The highest BCUT2D eigenvalue weighted by atomic mass is 32.1. The average Bonchev–Trinajstić information content (AvgIpc) is 3.13. The molecule has 1 aromatic carbocycles. The van der Waals surface area contributed by atoms with E-state index in [9.17, 15) is 4.79 Å². The molecule has 0 atom stereocenters. The van der Waals surface area contributed by atoms with Crippen LogP contribution in [0.5, 0.6) is 0 Å². The number of nitrogens with zero attached hydrogens (tertiary/aromatic N) is 3. The molecule has 1 N–H and O–H groups in total. The van der Waals surface area contributed by atoms with Crippen LogP contribution in [0.25, 0.3) is 16.4 Å². The number of thiazole rings is 1. The van der Waals surface area contributed by atoms with E-state index in [1.807, 2.05) is 69.5 Å². The third-order valence-corrected chi connectivity index (χ3v) is 4.35. The van der Waals surface area contributed by atoms with Crippen molar-refractivity contribution < 1.29 is 4.79 Å². The zero-order chi connectivity index (χ0) is 18.0. The van der Waals surface area contributed by atoms with Crippen LogP contribution in [0.1, 0.15) is 32.9 Å². The van der Waals surface area contributed by atoms with Gasteiger partial charge in [-0.15, -0.1) is 11.3 Å². The van der Waals surface area contributed by atoms with Crippen LogP contribution < -0.4 is 5.32 Å². The molecule has 25 heavy (non-hydrogen) atoms. The van der Waals surface area contributed by atoms with Crippen LogP contribution in [0, 0.1) is 12.3 Å². The second kappa shape index (κ2) is 6.80. The number of rotatable bonds is 4. The summed E-state index contributed by atoms with van der Waals surface area (Å²) in [5.41, 5.74) is 2.74. The minimum Gasteiger partial charge on any atom is -0.310 e. The van der Waals surface area contributed by atoms with Crippen molar-refractivity contribution in [3.05, 3.63) is 47.5 Å². The fraction of sp³-hybridized carbons (Fsp3) is 0.316. The summed E-state index contributed by atoms with van der Waals surface area (Å²) in [7, 11) is 0. The van der Waals surface area contributed by atoms with Crippen molar-refractivity contribution >= 4 is 23.1 Å². The van der Waals surface area contributed by atoms with Crippen LogP contribution >= 0.6 is 11.3 Å². The van der Waals surface area contributed by atoms with Gasteiger partial charge >= 0.3 is 0 Å². The first-order valence-corrected chi connectivity index (χ1v) is 9.08. The molecule has 6 heteroatoms. The van der Waals surface area contributed by atoms with E-state index in [1.165, 1.54) is 11.3 Å². The minimum atomic E-state index is -0.0638. The first kappa shape index (κ1) is 17.4. The van der Waals surface area contributed by atoms with Crippen LogP contribution in [0.15, 0.2) is 41.8 Å². The van der Waals surface area contributed by atoms with Crippen molar-refractivity contribution in [1.82, 2.24) is 14.8 Å². The summed E-state index contributed by atoms with van der Waals surface area (Å²) in [5.74, 6) is 0.634. The lowest BCUT2D eigenvalue weighted by atomic mass is 9.92. The van der Waals surface area contributed by atoms with Gasteiger partial charge in [-0.25, -0.2) is 4.98 Å². The fourth-order valence-electron chi connectivity index (χ4n) is 2.51. The van der Waals surface area contributed by atoms with Crippen LogP contribution in [0.4, 0.5) is 5.82 Å². The Hall–Kier alpha value is -2.47. The number of nitrogens with one attached hydrogen (secondary N) is 1. The number of aryl methyl sites for hydroxylation is 1. The number of amides is 1. The highest BCUT2D eigenvalue weighted by molar-refractivity contribution is 7.12. The van der Waals surface area contributed by atoms with Gasteiger partial charge in [-0.1, -0.05) is 51.1 Å². The first-order valence-electron chi connectivity index (χ1n) is 8.20. The highest BCUT2D eigenvalue weighted by Crippen LogP contribution is 2.27. The molecule has 0 unspecified atom stereocenters. The molecule has 3 aromatic rings.